The SMILES string of the molecule is CC(NC(=O)COc1ccc(S(N)(=O)=O)cc1[N+](=O)[O-])c1ccc(Cl)c(Cl)c1. The number of carbonyl (C=O) groups is 1. The minimum atomic E-state index is -4.12. The molecule has 150 valence electrons. The van der Waals surface area contributed by atoms with Crippen LogP contribution in [0.3, 0.4) is 0 Å². The number of benzene rings is 2. The number of nitro groups is 1. The van der Waals surface area contributed by atoms with Crippen LogP contribution in [0.2, 0.25) is 10.0 Å². The minimum Gasteiger partial charge on any atom is -0.477 e. The zero-order chi connectivity index (χ0) is 21.1. The molecule has 0 aliphatic rings. The molecule has 28 heavy (non-hydrogen) atoms. The van der Waals surface area contributed by atoms with Crippen LogP contribution in [0.4, 0.5) is 5.69 Å². The normalized spacial score (nSPS) is 12.3. The molecule has 0 spiro atoms. The molecule has 2 rings (SSSR count). The second kappa shape index (κ2) is 8.74. The van der Waals surface area contributed by atoms with Crippen LogP contribution in [0, 0.1) is 10.1 Å². The Morgan fingerprint density at radius 1 is 1.25 bits per heavy atom. The highest BCUT2D eigenvalue weighted by Crippen LogP contribution is 2.29. The number of hydrogen-bond donors (Lipinski definition) is 2. The van der Waals surface area contributed by atoms with Crippen LogP contribution in [-0.4, -0.2) is 25.9 Å². The summed E-state index contributed by atoms with van der Waals surface area (Å²) in [7, 11) is -4.12. The molecule has 0 bridgehead atoms. The number of nitro benzene ring substituents is 1. The van der Waals surface area contributed by atoms with Crippen LogP contribution in [0.5, 0.6) is 5.75 Å². The zero-order valence-corrected chi connectivity index (χ0v) is 16.7. The Kier molecular flexibility index (Phi) is 6.83. The number of nitrogens with one attached hydrogen (secondary N) is 1. The van der Waals surface area contributed by atoms with E-state index in [1.54, 1.807) is 25.1 Å². The minimum absolute atomic E-state index is 0.269. The fourth-order valence-corrected chi connectivity index (χ4v) is 3.07. The van der Waals surface area contributed by atoms with Gasteiger partial charge in [-0.25, -0.2) is 13.6 Å². The number of halogens is 2. The predicted octanol–water partition coefficient (Wildman–Crippen LogP) is 2.81. The van der Waals surface area contributed by atoms with Gasteiger partial charge in [-0.05, 0) is 36.8 Å². The molecule has 1 amide bonds. The fraction of sp³-hybridized carbons (Fsp3) is 0.188. The largest absolute Gasteiger partial charge is 0.477 e. The Morgan fingerprint density at radius 3 is 2.50 bits per heavy atom. The summed E-state index contributed by atoms with van der Waals surface area (Å²) in [4.78, 5) is 21.9. The van der Waals surface area contributed by atoms with E-state index in [0.29, 0.717) is 15.6 Å². The molecule has 0 aliphatic heterocycles. The lowest BCUT2D eigenvalue weighted by atomic mass is 10.1. The standard InChI is InChI=1S/C16H15Cl2N3O6S/c1-9(10-2-4-12(17)13(18)6-10)20-16(22)8-27-15-5-3-11(28(19,25)26)7-14(15)21(23)24/h2-7,9H,8H2,1H3,(H,20,22)(H2,19,25,26). The summed E-state index contributed by atoms with van der Waals surface area (Å²) < 4.78 is 27.8. The van der Waals surface area contributed by atoms with Crippen molar-refractivity contribution in [1.29, 1.82) is 0 Å². The molecule has 12 heteroatoms. The fourth-order valence-electron chi connectivity index (χ4n) is 2.23. The highest BCUT2D eigenvalue weighted by atomic mass is 35.5. The number of nitrogens with zero attached hydrogens (tertiary/aromatic N) is 1. The van der Waals surface area contributed by atoms with Crippen molar-refractivity contribution < 1.29 is 22.9 Å². The van der Waals surface area contributed by atoms with Crippen molar-refractivity contribution in [3.05, 3.63) is 62.1 Å². The van der Waals surface area contributed by atoms with Gasteiger partial charge < -0.3 is 10.1 Å². The molecule has 0 saturated heterocycles. The van der Waals surface area contributed by atoms with Gasteiger partial charge in [0, 0.05) is 6.07 Å². The van der Waals surface area contributed by atoms with Gasteiger partial charge in [-0.2, -0.15) is 0 Å². The van der Waals surface area contributed by atoms with Crippen molar-refractivity contribution in [3.63, 3.8) is 0 Å². The maximum Gasteiger partial charge on any atom is 0.312 e. The van der Waals surface area contributed by atoms with Gasteiger partial charge in [0.05, 0.1) is 25.9 Å². The summed E-state index contributed by atoms with van der Waals surface area (Å²) in [5.41, 5.74) is 0.0723. The number of rotatable bonds is 7. The number of sulfonamides is 1. The Hall–Kier alpha value is -2.40. The molecule has 9 nitrogen and oxygen atoms in total. The van der Waals surface area contributed by atoms with E-state index < -0.39 is 44.1 Å². The molecule has 0 heterocycles. The van der Waals surface area contributed by atoms with Crippen molar-refractivity contribution in [2.24, 2.45) is 5.14 Å². The Labute approximate surface area is 170 Å². The smallest absolute Gasteiger partial charge is 0.312 e. The molecule has 2 aromatic rings. The van der Waals surface area contributed by atoms with E-state index in [-0.39, 0.29) is 5.75 Å². The average molecular weight is 448 g/mol. The van der Waals surface area contributed by atoms with Crippen molar-refractivity contribution in [1.82, 2.24) is 5.32 Å². The first-order valence-corrected chi connectivity index (χ1v) is 9.97. The molecular weight excluding hydrogens is 433 g/mol. The van der Waals surface area contributed by atoms with E-state index in [4.69, 9.17) is 33.1 Å². The highest BCUT2D eigenvalue weighted by Gasteiger charge is 2.21. The monoisotopic (exact) mass is 447 g/mol. The van der Waals surface area contributed by atoms with E-state index in [9.17, 15) is 23.3 Å². The molecule has 0 aromatic heterocycles. The quantitative estimate of drug-likeness (QED) is 0.493. The maximum absolute atomic E-state index is 12.1. The predicted molar refractivity (Wildman–Crippen MR) is 103 cm³/mol. The summed E-state index contributed by atoms with van der Waals surface area (Å²) >= 11 is 11.8. The van der Waals surface area contributed by atoms with Gasteiger partial charge in [-0.1, -0.05) is 29.3 Å². The number of primary sulfonamides is 1. The average Bonchev–Trinajstić information content (AvgIpc) is 2.61. The van der Waals surface area contributed by atoms with Crippen LogP contribution >= 0.6 is 23.2 Å². The van der Waals surface area contributed by atoms with Gasteiger partial charge in [0.1, 0.15) is 0 Å². The van der Waals surface area contributed by atoms with Gasteiger partial charge in [0.2, 0.25) is 10.0 Å². The molecule has 1 atom stereocenters. The van der Waals surface area contributed by atoms with Crippen LogP contribution in [0.25, 0.3) is 0 Å². The van der Waals surface area contributed by atoms with Gasteiger partial charge in [-0.15, -0.1) is 0 Å². The summed E-state index contributed by atoms with van der Waals surface area (Å²) in [6.45, 7) is 1.18. The van der Waals surface area contributed by atoms with Crippen molar-refractivity contribution >= 4 is 44.8 Å². The number of ether oxygens (including phenoxy) is 1. The van der Waals surface area contributed by atoms with E-state index in [1.165, 1.54) is 0 Å². The lowest BCUT2D eigenvalue weighted by Crippen LogP contribution is -2.31. The lowest BCUT2D eigenvalue weighted by molar-refractivity contribution is -0.386. The molecule has 0 aliphatic carbocycles. The third-order valence-electron chi connectivity index (χ3n) is 3.64. The molecule has 2 aromatic carbocycles. The first-order valence-electron chi connectivity index (χ1n) is 7.67. The Morgan fingerprint density at radius 2 is 1.93 bits per heavy atom. The highest BCUT2D eigenvalue weighted by molar-refractivity contribution is 7.89. The van der Waals surface area contributed by atoms with Crippen LogP contribution in [0.1, 0.15) is 18.5 Å². The van der Waals surface area contributed by atoms with Gasteiger partial charge in [0.25, 0.3) is 5.91 Å². The van der Waals surface area contributed by atoms with Gasteiger partial charge in [-0.3, -0.25) is 14.9 Å². The summed E-state index contributed by atoms with van der Waals surface area (Å²) in [5.74, 6) is -0.821. The van der Waals surface area contributed by atoms with Crippen LogP contribution in [-0.2, 0) is 14.8 Å². The molecule has 3 N–H and O–H groups in total. The number of amides is 1. The third-order valence-corrected chi connectivity index (χ3v) is 5.29. The number of carbonyl (C=O) groups excluding carboxylic acids is 1. The van der Waals surface area contributed by atoms with Crippen molar-refractivity contribution in [2.45, 2.75) is 17.9 Å². The Bertz CT molecular complexity index is 1030. The summed E-state index contributed by atoms with van der Waals surface area (Å²) in [6, 6.07) is 7.34. The molecule has 0 radical (unpaired) electrons. The van der Waals surface area contributed by atoms with Crippen molar-refractivity contribution in [2.75, 3.05) is 6.61 Å². The van der Waals surface area contributed by atoms with Gasteiger partial charge >= 0.3 is 5.69 Å². The first-order chi connectivity index (χ1) is 13.0. The second-order valence-electron chi connectivity index (χ2n) is 5.68. The molecule has 0 fully saturated rings. The topological polar surface area (TPSA) is 142 Å². The van der Waals surface area contributed by atoms with E-state index in [0.717, 1.165) is 18.2 Å². The second-order valence-corrected chi connectivity index (χ2v) is 8.06. The number of hydrogen-bond acceptors (Lipinski definition) is 6. The van der Waals surface area contributed by atoms with Crippen molar-refractivity contribution in [3.8, 4) is 5.75 Å². The summed E-state index contributed by atoms with van der Waals surface area (Å²) in [5, 5.41) is 19.4. The first kappa shape index (κ1) is 21.9. The Balaban J connectivity index is 2.07. The molecule has 0 saturated carbocycles. The zero-order valence-electron chi connectivity index (χ0n) is 14.4. The van der Waals surface area contributed by atoms with E-state index in [2.05, 4.69) is 5.32 Å². The number of nitrogens with two attached hydrogens (primary N) is 1. The molecule has 1 unspecified atom stereocenters. The maximum atomic E-state index is 12.1. The lowest BCUT2D eigenvalue weighted by Gasteiger charge is -2.15. The summed E-state index contributed by atoms with van der Waals surface area (Å²) in [6.07, 6.45) is 0. The van der Waals surface area contributed by atoms with Gasteiger partial charge in [0.15, 0.2) is 12.4 Å². The van der Waals surface area contributed by atoms with Crippen LogP contribution in [0.15, 0.2) is 41.3 Å². The third kappa shape index (κ3) is 5.55. The molecular formula is C16H15Cl2N3O6S. The van der Waals surface area contributed by atoms with E-state index in [1.807, 2.05) is 0 Å². The van der Waals surface area contributed by atoms with E-state index >= 15 is 0 Å². The van der Waals surface area contributed by atoms with Crippen LogP contribution < -0.4 is 15.2 Å².